The third-order valence-corrected chi connectivity index (χ3v) is 6.35. The Hall–Kier alpha value is -2.96. The first-order valence-electron chi connectivity index (χ1n) is 10.4. The zero-order valence-corrected chi connectivity index (χ0v) is 20.0. The van der Waals surface area contributed by atoms with Crippen LogP contribution in [-0.2, 0) is 9.59 Å². The SMILES string of the molecule is CCN1c2ccc(/C=C3\C(=O)NC(=S)N(c4ccc(Cl)cc4)C3=O)cc2C(C)=CC1(C)C. The molecule has 4 rings (SSSR count). The molecule has 2 aliphatic rings. The van der Waals surface area contributed by atoms with Crippen molar-refractivity contribution in [1.82, 2.24) is 5.32 Å². The molecule has 0 bridgehead atoms. The van der Waals surface area contributed by atoms with Crippen molar-refractivity contribution in [1.29, 1.82) is 0 Å². The molecule has 7 heteroatoms. The van der Waals surface area contributed by atoms with Gasteiger partial charge in [-0.25, -0.2) is 0 Å². The van der Waals surface area contributed by atoms with Crippen LogP contribution in [0.4, 0.5) is 11.4 Å². The first-order valence-corrected chi connectivity index (χ1v) is 11.2. The fraction of sp³-hybridized carbons (Fsp3) is 0.240. The highest BCUT2D eigenvalue weighted by Crippen LogP contribution is 2.39. The lowest BCUT2D eigenvalue weighted by atomic mass is 9.88. The highest BCUT2D eigenvalue weighted by atomic mass is 35.5. The molecule has 1 fully saturated rings. The maximum absolute atomic E-state index is 13.2. The van der Waals surface area contributed by atoms with Gasteiger partial charge in [-0.15, -0.1) is 0 Å². The molecule has 2 aliphatic heterocycles. The number of halogens is 1. The summed E-state index contributed by atoms with van der Waals surface area (Å²) in [4.78, 5) is 29.5. The smallest absolute Gasteiger partial charge is 0.270 e. The van der Waals surface area contributed by atoms with Crippen LogP contribution < -0.4 is 15.1 Å². The number of carbonyl (C=O) groups is 2. The lowest BCUT2D eigenvalue weighted by Gasteiger charge is -2.42. The number of hydrogen-bond acceptors (Lipinski definition) is 4. The van der Waals surface area contributed by atoms with E-state index in [4.69, 9.17) is 23.8 Å². The zero-order chi connectivity index (χ0) is 23.2. The van der Waals surface area contributed by atoms with Crippen LogP contribution >= 0.6 is 23.8 Å². The number of thiocarbonyl (C=S) groups is 1. The minimum absolute atomic E-state index is 0.0265. The molecule has 0 unspecified atom stereocenters. The van der Waals surface area contributed by atoms with Crippen molar-refractivity contribution < 1.29 is 9.59 Å². The minimum Gasteiger partial charge on any atom is -0.363 e. The predicted molar refractivity (Wildman–Crippen MR) is 135 cm³/mol. The minimum atomic E-state index is -0.508. The number of allylic oxidation sites excluding steroid dienone is 1. The third kappa shape index (κ3) is 3.85. The van der Waals surface area contributed by atoms with Crippen LogP contribution in [0.3, 0.4) is 0 Å². The van der Waals surface area contributed by atoms with E-state index in [0.717, 1.165) is 23.4 Å². The fourth-order valence-corrected chi connectivity index (χ4v) is 4.82. The highest BCUT2D eigenvalue weighted by Gasteiger charge is 2.35. The molecular formula is C25H24ClN3O2S. The molecule has 2 amide bonds. The van der Waals surface area contributed by atoms with Gasteiger partial charge < -0.3 is 4.90 Å². The van der Waals surface area contributed by atoms with Crippen LogP contribution in [0.25, 0.3) is 11.6 Å². The van der Waals surface area contributed by atoms with Gasteiger partial charge >= 0.3 is 0 Å². The summed E-state index contributed by atoms with van der Waals surface area (Å²) >= 11 is 11.2. The van der Waals surface area contributed by atoms with E-state index in [0.29, 0.717) is 10.7 Å². The van der Waals surface area contributed by atoms with Crippen LogP contribution in [0.2, 0.25) is 5.02 Å². The second-order valence-corrected chi connectivity index (χ2v) is 9.26. The maximum atomic E-state index is 13.2. The standard InChI is InChI=1S/C25H24ClN3O2S/c1-5-28-21-11-6-16(12-19(21)15(2)14-25(28,3)4)13-20-22(30)27-24(32)29(23(20)31)18-9-7-17(26)8-10-18/h6-14H,5H2,1-4H3,(H,27,30,32)/b20-13+. The molecule has 1 N–H and O–H groups in total. The fourth-order valence-electron chi connectivity index (χ4n) is 4.42. The molecule has 1 saturated heterocycles. The Morgan fingerprint density at radius 2 is 1.81 bits per heavy atom. The number of nitrogens with one attached hydrogen (secondary N) is 1. The van der Waals surface area contributed by atoms with Gasteiger partial charge in [-0.2, -0.15) is 0 Å². The Labute approximate surface area is 198 Å². The first kappa shape index (κ1) is 22.2. The predicted octanol–water partition coefficient (Wildman–Crippen LogP) is 5.19. The van der Waals surface area contributed by atoms with E-state index in [1.165, 1.54) is 10.5 Å². The lowest BCUT2D eigenvalue weighted by Crippen LogP contribution is -2.54. The van der Waals surface area contributed by atoms with Crippen LogP contribution in [0.15, 0.2) is 54.1 Å². The summed E-state index contributed by atoms with van der Waals surface area (Å²) in [6, 6.07) is 12.7. The zero-order valence-electron chi connectivity index (χ0n) is 18.4. The first-order chi connectivity index (χ1) is 15.1. The molecule has 32 heavy (non-hydrogen) atoms. The van der Waals surface area contributed by atoms with Crippen LogP contribution in [0, 0.1) is 0 Å². The van der Waals surface area contributed by atoms with Crippen molar-refractivity contribution in [2.75, 3.05) is 16.3 Å². The summed E-state index contributed by atoms with van der Waals surface area (Å²) in [5.74, 6) is -0.978. The van der Waals surface area contributed by atoms with E-state index in [-0.39, 0.29) is 16.2 Å². The van der Waals surface area contributed by atoms with Gasteiger partial charge in [-0.3, -0.25) is 19.8 Å². The summed E-state index contributed by atoms with van der Waals surface area (Å²) in [5, 5.41) is 3.21. The van der Waals surface area contributed by atoms with Gasteiger partial charge in [0.15, 0.2) is 5.11 Å². The normalized spacial score (nSPS) is 19.1. The quantitative estimate of drug-likeness (QED) is 0.385. The largest absolute Gasteiger partial charge is 0.363 e. The molecule has 2 aromatic rings. The van der Waals surface area contributed by atoms with Crippen LogP contribution in [0.5, 0.6) is 0 Å². The molecule has 2 heterocycles. The van der Waals surface area contributed by atoms with Crippen molar-refractivity contribution in [3.05, 3.63) is 70.3 Å². The molecule has 0 spiro atoms. The van der Waals surface area contributed by atoms with Crippen molar-refractivity contribution in [2.45, 2.75) is 33.2 Å². The number of benzene rings is 2. The third-order valence-electron chi connectivity index (χ3n) is 5.82. The maximum Gasteiger partial charge on any atom is 0.270 e. The Morgan fingerprint density at radius 1 is 1.12 bits per heavy atom. The Bertz CT molecular complexity index is 1200. The van der Waals surface area contributed by atoms with E-state index >= 15 is 0 Å². The topological polar surface area (TPSA) is 52.7 Å². The van der Waals surface area contributed by atoms with E-state index in [9.17, 15) is 9.59 Å². The number of hydrogen-bond donors (Lipinski definition) is 1. The summed E-state index contributed by atoms with van der Waals surface area (Å²) in [7, 11) is 0. The molecular weight excluding hydrogens is 442 g/mol. The second-order valence-electron chi connectivity index (χ2n) is 8.44. The van der Waals surface area contributed by atoms with Gasteiger partial charge in [0.05, 0.1) is 11.2 Å². The molecule has 164 valence electrons. The number of anilines is 2. The van der Waals surface area contributed by atoms with Gasteiger partial charge in [0.2, 0.25) is 0 Å². The number of fused-ring (bicyclic) bond motifs is 1. The monoisotopic (exact) mass is 465 g/mol. The lowest BCUT2D eigenvalue weighted by molar-refractivity contribution is -0.122. The highest BCUT2D eigenvalue weighted by molar-refractivity contribution is 7.80. The molecule has 0 radical (unpaired) electrons. The average molecular weight is 466 g/mol. The van der Waals surface area contributed by atoms with Crippen LogP contribution in [-0.4, -0.2) is 29.0 Å². The Kier molecular flexibility index (Phi) is 5.69. The molecule has 2 aromatic carbocycles. The molecule has 0 aliphatic carbocycles. The van der Waals surface area contributed by atoms with Gasteiger partial charge in [-0.1, -0.05) is 23.7 Å². The summed E-state index contributed by atoms with van der Waals surface area (Å²) in [6.45, 7) is 9.48. The van der Waals surface area contributed by atoms with E-state index in [1.807, 2.05) is 12.1 Å². The molecule has 0 aromatic heterocycles. The summed E-state index contributed by atoms with van der Waals surface area (Å²) in [5.41, 5.74) is 4.66. The second kappa shape index (κ2) is 8.19. The van der Waals surface area contributed by atoms with Gasteiger partial charge in [0.1, 0.15) is 5.57 Å². The number of rotatable bonds is 3. The number of carbonyl (C=O) groups excluding carboxylic acids is 2. The molecule has 0 saturated carbocycles. The number of likely N-dealkylation sites (N-methyl/N-ethyl adjacent to an activating group) is 1. The molecule has 5 nitrogen and oxygen atoms in total. The van der Waals surface area contributed by atoms with Gasteiger partial charge in [-0.05, 0) is 93.5 Å². The van der Waals surface area contributed by atoms with E-state index in [1.54, 1.807) is 30.3 Å². The van der Waals surface area contributed by atoms with Gasteiger partial charge in [0.25, 0.3) is 11.8 Å². The summed E-state index contributed by atoms with van der Waals surface area (Å²) in [6.07, 6.45) is 3.86. The van der Waals surface area contributed by atoms with E-state index in [2.05, 4.69) is 50.1 Å². The van der Waals surface area contributed by atoms with Crippen molar-refractivity contribution in [3.63, 3.8) is 0 Å². The summed E-state index contributed by atoms with van der Waals surface area (Å²) < 4.78 is 0. The molecule has 0 atom stereocenters. The van der Waals surface area contributed by atoms with E-state index < -0.39 is 11.8 Å². The van der Waals surface area contributed by atoms with Crippen molar-refractivity contribution in [3.8, 4) is 0 Å². The Morgan fingerprint density at radius 3 is 2.47 bits per heavy atom. The van der Waals surface area contributed by atoms with Crippen molar-refractivity contribution in [2.24, 2.45) is 0 Å². The number of amides is 2. The van der Waals surface area contributed by atoms with Crippen molar-refractivity contribution >= 4 is 63.8 Å². The van der Waals surface area contributed by atoms with Gasteiger partial charge in [0, 0.05) is 22.8 Å². The Balaban J connectivity index is 1.74. The van der Waals surface area contributed by atoms with Crippen LogP contribution in [0.1, 0.15) is 38.8 Å². The number of nitrogens with zero attached hydrogens (tertiary/aromatic N) is 2. The average Bonchev–Trinajstić information content (AvgIpc) is 2.72.